The van der Waals surface area contributed by atoms with Gasteiger partial charge in [-0.05, 0) is 30.2 Å². The van der Waals surface area contributed by atoms with Gasteiger partial charge in [-0.25, -0.2) is 0 Å². The van der Waals surface area contributed by atoms with Crippen molar-refractivity contribution in [1.29, 1.82) is 0 Å². The van der Waals surface area contributed by atoms with Gasteiger partial charge >= 0.3 is 0 Å². The number of aliphatic imine (C=N–C) groups is 1. The fourth-order valence-corrected chi connectivity index (χ4v) is 3.04. The number of amidine groups is 1. The van der Waals surface area contributed by atoms with E-state index in [0.29, 0.717) is 23.3 Å². The Morgan fingerprint density at radius 3 is 2.73 bits per heavy atom. The summed E-state index contributed by atoms with van der Waals surface area (Å²) in [7, 11) is 0. The molecule has 1 fully saturated rings. The van der Waals surface area contributed by atoms with Crippen LogP contribution in [0.1, 0.15) is 20.3 Å². The van der Waals surface area contributed by atoms with Gasteiger partial charge in [-0.1, -0.05) is 41.5 Å². The first kappa shape index (κ1) is 17.0. The molecule has 0 spiro atoms. The van der Waals surface area contributed by atoms with Crippen molar-refractivity contribution in [2.24, 2.45) is 10.9 Å². The van der Waals surface area contributed by atoms with Gasteiger partial charge in [0, 0.05) is 23.1 Å². The number of anilines is 1. The topological polar surface area (TPSA) is 70.6 Å². The Morgan fingerprint density at radius 1 is 1.41 bits per heavy atom. The zero-order valence-corrected chi connectivity index (χ0v) is 14.8. The maximum absolute atomic E-state index is 12.0. The second-order valence-corrected chi connectivity index (χ2v) is 7.50. The summed E-state index contributed by atoms with van der Waals surface area (Å²) in [6, 6.07) is 7.31. The maximum Gasteiger partial charge on any atom is 0.240 e. The Labute approximate surface area is 142 Å². The molecule has 2 amide bonds. The van der Waals surface area contributed by atoms with Gasteiger partial charge in [-0.15, -0.1) is 0 Å². The Morgan fingerprint density at radius 2 is 2.09 bits per heavy atom. The maximum atomic E-state index is 12.0. The molecule has 0 unspecified atom stereocenters. The molecule has 1 saturated heterocycles. The lowest BCUT2D eigenvalue weighted by Gasteiger charge is -2.07. The Balaban J connectivity index is 1.87. The number of carbonyl (C=O) groups excluding carboxylic acids is 2. The molecule has 0 saturated carbocycles. The molecule has 0 bridgehead atoms. The number of halogens is 1. The lowest BCUT2D eigenvalue weighted by Crippen LogP contribution is -2.28. The standard InChI is InChI=1S/C15H18BrN3O2S/c1-9(2)8-17-15-19-14(21)12(22-15)7-13(20)18-11-5-3-10(16)4-6-11/h3-6,9,12H,7-8H2,1-2H3,(H,18,20)(H,17,19,21)/t12-/m0/s1. The van der Waals surface area contributed by atoms with Gasteiger partial charge in [0.2, 0.25) is 11.8 Å². The molecule has 1 aliphatic rings. The van der Waals surface area contributed by atoms with Crippen LogP contribution in [0, 0.1) is 5.92 Å². The highest BCUT2D eigenvalue weighted by Gasteiger charge is 2.31. The monoisotopic (exact) mass is 383 g/mol. The van der Waals surface area contributed by atoms with E-state index >= 15 is 0 Å². The molecular formula is C15H18BrN3O2S. The number of benzene rings is 1. The van der Waals surface area contributed by atoms with Gasteiger partial charge in [-0.3, -0.25) is 14.6 Å². The third kappa shape index (κ3) is 5.14. The van der Waals surface area contributed by atoms with Gasteiger partial charge < -0.3 is 10.6 Å². The van der Waals surface area contributed by atoms with Gasteiger partial charge in [0.25, 0.3) is 0 Å². The van der Waals surface area contributed by atoms with Crippen LogP contribution >= 0.6 is 27.7 Å². The minimum absolute atomic E-state index is 0.132. The second kappa shape index (κ2) is 7.78. The highest BCUT2D eigenvalue weighted by molar-refractivity contribution is 9.10. The van der Waals surface area contributed by atoms with Crippen molar-refractivity contribution in [3.05, 3.63) is 28.7 Å². The fourth-order valence-electron chi connectivity index (χ4n) is 1.79. The van der Waals surface area contributed by atoms with Crippen LogP contribution in [0.15, 0.2) is 33.7 Å². The highest BCUT2D eigenvalue weighted by Crippen LogP contribution is 2.23. The van der Waals surface area contributed by atoms with E-state index in [1.807, 2.05) is 12.1 Å². The van der Waals surface area contributed by atoms with E-state index in [9.17, 15) is 9.59 Å². The molecule has 1 aromatic rings. The van der Waals surface area contributed by atoms with Crippen LogP contribution in [-0.2, 0) is 9.59 Å². The first-order valence-corrected chi connectivity index (χ1v) is 8.68. The van der Waals surface area contributed by atoms with Crippen molar-refractivity contribution in [3.8, 4) is 0 Å². The summed E-state index contributed by atoms with van der Waals surface area (Å²) in [5.41, 5.74) is 0.713. The third-order valence-corrected chi connectivity index (χ3v) is 4.52. The van der Waals surface area contributed by atoms with Crippen LogP contribution in [0.2, 0.25) is 0 Å². The average molecular weight is 384 g/mol. The van der Waals surface area contributed by atoms with Crippen LogP contribution in [0.5, 0.6) is 0 Å². The van der Waals surface area contributed by atoms with Crippen LogP contribution in [0.3, 0.4) is 0 Å². The second-order valence-electron chi connectivity index (χ2n) is 5.39. The predicted octanol–water partition coefficient (Wildman–Crippen LogP) is 3.02. The number of rotatable bonds is 5. The molecule has 7 heteroatoms. The molecule has 1 heterocycles. The Hall–Kier alpha value is -1.34. The van der Waals surface area contributed by atoms with E-state index in [1.165, 1.54) is 11.8 Å². The zero-order chi connectivity index (χ0) is 16.1. The van der Waals surface area contributed by atoms with E-state index in [-0.39, 0.29) is 18.2 Å². The molecule has 2 N–H and O–H groups in total. The molecule has 1 atom stereocenters. The number of carbonyl (C=O) groups is 2. The Kier molecular flexibility index (Phi) is 6.02. The third-order valence-electron chi connectivity index (χ3n) is 2.88. The lowest BCUT2D eigenvalue weighted by molar-refractivity contribution is -0.122. The smallest absolute Gasteiger partial charge is 0.240 e. The first-order chi connectivity index (χ1) is 10.4. The molecule has 22 heavy (non-hydrogen) atoms. The Bertz CT molecular complexity index is 587. The number of nitrogens with zero attached hydrogens (tertiary/aromatic N) is 1. The van der Waals surface area contributed by atoms with E-state index in [2.05, 4.69) is 45.4 Å². The summed E-state index contributed by atoms with van der Waals surface area (Å²) >= 11 is 4.66. The normalized spacial score (nSPS) is 19.5. The molecule has 1 aliphatic heterocycles. The quantitative estimate of drug-likeness (QED) is 0.820. The summed E-state index contributed by atoms with van der Waals surface area (Å²) in [6.45, 7) is 4.80. The van der Waals surface area contributed by atoms with Crippen molar-refractivity contribution >= 4 is 50.4 Å². The number of hydrogen-bond acceptors (Lipinski definition) is 4. The van der Waals surface area contributed by atoms with Crippen molar-refractivity contribution in [3.63, 3.8) is 0 Å². The molecule has 0 radical (unpaired) electrons. The van der Waals surface area contributed by atoms with Crippen LogP contribution < -0.4 is 10.6 Å². The van der Waals surface area contributed by atoms with E-state index in [0.717, 1.165) is 4.47 Å². The number of hydrogen-bond donors (Lipinski definition) is 2. The van der Waals surface area contributed by atoms with Gasteiger partial charge in [0.1, 0.15) is 5.25 Å². The molecule has 0 aliphatic carbocycles. The lowest BCUT2D eigenvalue weighted by atomic mass is 10.2. The van der Waals surface area contributed by atoms with Crippen LogP contribution in [0.25, 0.3) is 0 Å². The van der Waals surface area contributed by atoms with Gasteiger partial charge in [0.15, 0.2) is 5.17 Å². The predicted molar refractivity (Wildman–Crippen MR) is 94.1 cm³/mol. The molecule has 118 valence electrons. The number of nitrogens with one attached hydrogen (secondary N) is 2. The van der Waals surface area contributed by atoms with E-state index < -0.39 is 5.25 Å². The SMILES string of the molecule is CC(C)CN=C1NC(=O)[C@H](CC(=O)Nc2ccc(Br)cc2)S1. The summed E-state index contributed by atoms with van der Waals surface area (Å²) in [5, 5.41) is 5.71. The fraction of sp³-hybridized carbons (Fsp3) is 0.400. The van der Waals surface area contributed by atoms with Crippen molar-refractivity contribution in [1.82, 2.24) is 5.32 Å². The van der Waals surface area contributed by atoms with Crippen molar-refractivity contribution in [2.45, 2.75) is 25.5 Å². The van der Waals surface area contributed by atoms with Crippen molar-refractivity contribution in [2.75, 3.05) is 11.9 Å². The summed E-state index contributed by atoms with van der Waals surface area (Å²) in [4.78, 5) is 28.2. The van der Waals surface area contributed by atoms with Crippen LogP contribution in [-0.4, -0.2) is 28.8 Å². The minimum atomic E-state index is -0.415. The van der Waals surface area contributed by atoms with Gasteiger partial charge in [-0.2, -0.15) is 0 Å². The first-order valence-electron chi connectivity index (χ1n) is 7.01. The number of amides is 2. The molecule has 1 aromatic carbocycles. The molecule has 5 nitrogen and oxygen atoms in total. The summed E-state index contributed by atoms with van der Waals surface area (Å²) in [6.07, 6.45) is 0.132. The van der Waals surface area contributed by atoms with Gasteiger partial charge in [0.05, 0.1) is 0 Å². The van der Waals surface area contributed by atoms with Crippen LogP contribution in [0.4, 0.5) is 5.69 Å². The largest absolute Gasteiger partial charge is 0.326 e. The average Bonchev–Trinajstić information content (AvgIpc) is 2.79. The minimum Gasteiger partial charge on any atom is -0.326 e. The van der Waals surface area contributed by atoms with Crippen molar-refractivity contribution < 1.29 is 9.59 Å². The molecular weight excluding hydrogens is 366 g/mol. The number of thioether (sulfide) groups is 1. The summed E-state index contributed by atoms with van der Waals surface area (Å²) in [5.74, 6) is 0.100. The van der Waals surface area contributed by atoms with E-state index in [1.54, 1.807) is 12.1 Å². The van der Waals surface area contributed by atoms with E-state index in [4.69, 9.17) is 0 Å². The zero-order valence-electron chi connectivity index (χ0n) is 12.4. The highest BCUT2D eigenvalue weighted by atomic mass is 79.9. The molecule has 2 rings (SSSR count). The molecule has 0 aromatic heterocycles. The summed E-state index contributed by atoms with van der Waals surface area (Å²) < 4.78 is 0.947.